The molecule has 0 saturated carbocycles. The minimum absolute atomic E-state index is 0.0838. The standard InChI is InChI=1S/C9H10F3N3O/c1-5(16)7-6-4-13-2-3-15(6)8(14-7)9(10,11)12/h13H,2-4H2,1H3. The summed E-state index contributed by atoms with van der Waals surface area (Å²) in [4.78, 5) is 14.6. The number of nitrogens with one attached hydrogen (secondary N) is 1. The number of imidazole rings is 1. The Balaban J connectivity index is 2.59. The zero-order valence-corrected chi connectivity index (χ0v) is 8.56. The maximum absolute atomic E-state index is 12.6. The number of nitrogens with zero attached hydrogens (tertiary/aromatic N) is 2. The van der Waals surface area contributed by atoms with Crippen LogP contribution in [0.4, 0.5) is 13.2 Å². The summed E-state index contributed by atoms with van der Waals surface area (Å²) < 4.78 is 39.0. The van der Waals surface area contributed by atoms with Crippen molar-refractivity contribution in [2.75, 3.05) is 6.54 Å². The van der Waals surface area contributed by atoms with E-state index in [4.69, 9.17) is 0 Å². The molecule has 0 atom stereocenters. The first kappa shape index (κ1) is 11.1. The topological polar surface area (TPSA) is 46.9 Å². The summed E-state index contributed by atoms with van der Waals surface area (Å²) in [5.41, 5.74) is 0.241. The number of ketones is 1. The average molecular weight is 233 g/mol. The van der Waals surface area contributed by atoms with Gasteiger partial charge in [-0.15, -0.1) is 0 Å². The fourth-order valence-corrected chi connectivity index (χ4v) is 1.80. The van der Waals surface area contributed by atoms with Gasteiger partial charge < -0.3 is 9.88 Å². The summed E-state index contributed by atoms with van der Waals surface area (Å²) in [7, 11) is 0. The maximum atomic E-state index is 12.6. The van der Waals surface area contributed by atoms with Crippen LogP contribution < -0.4 is 5.32 Å². The van der Waals surface area contributed by atoms with E-state index in [0.29, 0.717) is 12.2 Å². The van der Waals surface area contributed by atoms with Gasteiger partial charge in [-0.05, 0) is 0 Å². The minimum atomic E-state index is -4.51. The van der Waals surface area contributed by atoms with E-state index < -0.39 is 17.8 Å². The molecule has 16 heavy (non-hydrogen) atoms. The van der Waals surface area contributed by atoms with Gasteiger partial charge >= 0.3 is 6.18 Å². The van der Waals surface area contributed by atoms with Crippen LogP contribution in [0.5, 0.6) is 0 Å². The number of aromatic nitrogens is 2. The fourth-order valence-electron chi connectivity index (χ4n) is 1.80. The summed E-state index contributed by atoms with van der Waals surface area (Å²) in [6.45, 7) is 2.10. The molecule has 0 aromatic carbocycles. The Morgan fingerprint density at radius 2 is 2.19 bits per heavy atom. The lowest BCUT2D eigenvalue weighted by Crippen LogP contribution is -2.31. The molecule has 1 aliphatic rings. The first-order valence-electron chi connectivity index (χ1n) is 4.79. The normalized spacial score (nSPS) is 16.0. The van der Waals surface area contributed by atoms with Crippen LogP contribution in [0, 0.1) is 0 Å². The Bertz CT molecular complexity index is 436. The van der Waals surface area contributed by atoms with Crippen LogP contribution in [0.25, 0.3) is 0 Å². The highest BCUT2D eigenvalue weighted by Crippen LogP contribution is 2.31. The molecule has 0 unspecified atom stereocenters. The van der Waals surface area contributed by atoms with Gasteiger partial charge in [-0.25, -0.2) is 4.98 Å². The van der Waals surface area contributed by atoms with E-state index in [1.54, 1.807) is 0 Å². The summed E-state index contributed by atoms with van der Waals surface area (Å²) in [5.74, 6) is -1.42. The first-order valence-corrected chi connectivity index (χ1v) is 4.79. The molecule has 0 radical (unpaired) electrons. The first-order chi connectivity index (χ1) is 7.41. The number of carbonyl (C=O) groups is 1. The molecule has 1 aliphatic heterocycles. The predicted octanol–water partition coefficient (Wildman–Crippen LogP) is 1.21. The number of carbonyl (C=O) groups excluding carboxylic acids is 1. The van der Waals surface area contributed by atoms with Crippen LogP contribution in [0.3, 0.4) is 0 Å². The maximum Gasteiger partial charge on any atom is 0.449 e. The molecular formula is C9H10F3N3O. The molecule has 0 bridgehead atoms. The van der Waals surface area contributed by atoms with Gasteiger partial charge in [-0.2, -0.15) is 13.2 Å². The molecule has 0 saturated heterocycles. The van der Waals surface area contributed by atoms with Crippen molar-refractivity contribution in [3.05, 3.63) is 17.2 Å². The summed E-state index contributed by atoms with van der Waals surface area (Å²) in [6, 6.07) is 0. The summed E-state index contributed by atoms with van der Waals surface area (Å²) in [5, 5.41) is 2.92. The number of Topliss-reactive ketones (excluding diaryl/α,β-unsaturated/α-hetero) is 1. The van der Waals surface area contributed by atoms with Gasteiger partial charge in [0.05, 0.1) is 5.69 Å². The smallest absolute Gasteiger partial charge is 0.321 e. The Morgan fingerprint density at radius 1 is 1.50 bits per heavy atom. The molecule has 7 heteroatoms. The third-order valence-electron chi connectivity index (χ3n) is 2.46. The lowest BCUT2D eigenvalue weighted by atomic mass is 10.2. The van der Waals surface area contributed by atoms with E-state index in [9.17, 15) is 18.0 Å². The van der Waals surface area contributed by atoms with Crippen molar-refractivity contribution in [3.8, 4) is 0 Å². The SMILES string of the molecule is CC(=O)c1nc(C(F)(F)F)n2c1CNCC2. The molecule has 2 rings (SSSR count). The van der Waals surface area contributed by atoms with E-state index >= 15 is 0 Å². The molecule has 1 N–H and O–H groups in total. The van der Waals surface area contributed by atoms with Crippen LogP contribution in [0.15, 0.2) is 0 Å². The van der Waals surface area contributed by atoms with Crippen molar-refractivity contribution in [1.82, 2.24) is 14.9 Å². The molecule has 1 aromatic heterocycles. The predicted molar refractivity (Wildman–Crippen MR) is 48.9 cm³/mol. The lowest BCUT2D eigenvalue weighted by Gasteiger charge is -2.18. The highest BCUT2D eigenvalue weighted by Gasteiger charge is 2.39. The van der Waals surface area contributed by atoms with Crippen LogP contribution in [0.2, 0.25) is 0 Å². The number of alkyl halides is 3. The van der Waals surface area contributed by atoms with Crippen molar-refractivity contribution in [2.24, 2.45) is 0 Å². The summed E-state index contributed by atoms with van der Waals surface area (Å²) >= 11 is 0. The van der Waals surface area contributed by atoms with Crippen molar-refractivity contribution >= 4 is 5.78 Å². The van der Waals surface area contributed by atoms with E-state index in [1.807, 2.05) is 0 Å². The van der Waals surface area contributed by atoms with Gasteiger partial charge in [-0.3, -0.25) is 4.79 Å². The van der Waals surface area contributed by atoms with Crippen LogP contribution in [0.1, 0.15) is 28.9 Å². The van der Waals surface area contributed by atoms with Crippen LogP contribution >= 0.6 is 0 Å². The van der Waals surface area contributed by atoms with Crippen molar-refractivity contribution < 1.29 is 18.0 Å². The van der Waals surface area contributed by atoms with Crippen molar-refractivity contribution in [1.29, 1.82) is 0 Å². The Kier molecular flexibility index (Phi) is 2.49. The van der Waals surface area contributed by atoms with Gasteiger partial charge in [0, 0.05) is 26.6 Å². The zero-order chi connectivity index (χ0) is 11.9. The largest absolute Gasteiger partial charge is 0.449 e. The van der Waals surface area contributed by atoms with Gasteiger partial charge in [0.1, 0.15) is 5.69 Å². The third kappa shape index (κ3) is 1.71. The molecule has 0 aliphatic carbocycles. The highest BCUT2D eigenvalue weighted by molar-refractivity contribution is 5.93. The van der Waals surface area contributed by atoms with Gasteiger partial charge in [-0.1, -0.05) is 0 Å². The number of fused-ring (bicyclic) bond motifs is 1. The molecule has 2 heterocycles. The Morgan fingerprint density at radius 3 is 2.75 bits per heavy atom. The molecule has 88 valence electrons. The Labute approximate surface area is 89.5 Å². The second kappa shape index (κ2) is 3.58. The molecule has 0 amide bonds. The molecule has 0 spiro atoms. The molecular weight excluding hydrogens is 223 g/mol. The number of hydrogen-bond donors (Lipinski definition) is 1. The van der Waals surface area contributed by atoms with E-state index in [0.717, 1.165) is 4.57 Å². The molecule has 1 aromatic rings. The van der Waals surface area contributed by atoms with Gasteiger partial charge in [0.15, 0.2) is 5.78 Å². The highest BCUT2D eigenvalue weighted by atomic mass is 19.4. The lowest BCUT2D eigenvalue weighted by molar-refractivity contribution is -0.147. The zero-order valence-electron chi connectivity index (χ0n) is 8.56. The minimum Gasteiger partial charge on any atom is -0.321 e. The number of rotatable bonds is 1. The van der Waals surface area contributed by atoms with E-state index in [-0.39, 0.29) is 18.8 Å². The monoisotopic (exact) mass is 233 g/mol. The molecule has 0 fully saturated rings. The summed E-state index contributed by atoms with van der Waals surface area (Å²) in [6.07, 6.45) is -4.51. The average Bonchev–Trinajstić information content (AvgIpc) is 2.56. The fraction of sp³-hybridized carbons (Fsp3) is 0.556. The Hall–Kier alpha value is -1.37. The number of hydrogen-bond acceptors (Lipinski definition) is 3. The van der Waals surface area contributed by atoms with Gasteiger partial charge in [0.2, 0.25) is 5.82 Å². The molecule has 4 nitrogen and oxygen atoms in total. The van der Waals surface area contributed by atoms with Crippen LogP contribution in [-0.2, 0) is 19.3 Å². The van der Waals surface area contributed by atoms with Gasteiger partial charge in [0.25, 0.3) is 0 Å². The number of halogens is 3. The quantitative estimate of drug-likeness (QED) is 0.741. The second-order valence-corrected chi connectivity index (χ2v) is 3.61. The van der Waals surface area contributed by atoms with E-state index in [2.05, 4.69) is 10.3 Å². The van der Waals surface area contributed by atoms with Crippen molar-refractivity contribution in [2.45, 2.75) is 26.2 Å². The van der Waals surface area contributed by atoms with Crippen molar-refractivity contribution in [3.63, 3.8) is 0 Å². The van der Waals surface area contributed by atoms with E-state index in [1.165, 1.54) is 6.92 Å². The second-order valence-electron chi connectivity index (χ2n) is 3.61. The van der Waals surface area contributed by atoms with Crippen LogP contribution in [-0.4, -0.2) is 21.9 Å². The third-order valence-corrected chi connectivity index (χ3v) is 2.46.